The fourth-order valence-electron chi connectivity index (χ4n) is 4.40. The van der Waals surface area contributed by atoms with E-state index in [9.17, 15) is 23.2 Å². The van der Waals surface area contributed by atoms with Crippen molar-refractivity contribution in [2.24, 2.45) is 0 Å². The highest BCUT2D eigenvalue weighted by atomic mass is 32.2. The summed E-state index contributed by atoms with van der Waals surface area (Å²) in [6, 6.07) is 17.3. The van der Waals surface area contributed by atoms with Crippen LogP contribution in [0.3, 0.4) is 0 Å². The highest BCUT2D eigenvalue weighted by molar-refractivity contribution is 8.02. The van der Waals surface area contributed by atoms with E-state index in [1.807, 2.05) is 25.1 Å². The molecule has 0 aromatic heterocycles. The van der Waals surface area contributed by atoms with E-state index in [2.05, 4.69) is 5.32 Å². The Labute approximate surface area is 198 Å². The van der Waals surface area contributed by atoms with Gasteiger partial charge in [0.2, 0.25) is 16.7 Å². The van der Waals surface area contributed by atoms with Crippen LogP contribution in [0.5, 0.6) is 0 Å². The van der Waals surface area contributed by atoms with Crippen LogP contribution in [0.15, 0.2) is 66.7 Å². The number of hydrogen-bond donors (Lipinski definition) is 1. The van der Waals surface area contributed by atoms with Gasteiger partial charge in [0.05, 0.1) is 11.4 Å². The summed E-state index contributed by atoms with van der Waals surface area (Å²) in [4.78, 5) is 40.7. The largest absolute Gasteiger partial charge is 0.325 e. The quantitative estimate of drug-likeness (QED) is 0.609. The number of amides is 3. The number of hydrogen-bond acceptors (Lipinski definition) is 4. The third-order valence-electron chi connectivity index (χ3n) is 5.83. The zero-order valence-corrected chi connectivity index (χ0v) is 18.9. The average Bonchev–Trinajstić information content (AvgIpc) is 3.27. The second-order valence-electron chi connectivity index (χ2n) is 8.09. The lowest BCUT2D eigenvalue weighted by Gasteiger charge is -2.33. The Balaban J connectivity index is 1.53. The highest BCUT2D eigenvalue weighted by Crippen LogP contribution is 2.55. The molecule has 9 heteroatoms. The molecule has 1 unspecified atom stereocenters. The highest BCUT2D eigenvalue weighted by Gasteiger charge is 2.61. The van der Waals surface area contributed by atoms with Crippen molar-refractivity contribution in [3.8, 4) is 0 Å². The fraction of sp³-hybridized carbons (Fsp3) is 0.160. The molecule has 5 rings (SSSR count). The summed E-state index contributed by atoms with van der Waals surface area (Å²) < 4.78 is 27.6. The number of rotatable bonds is 4. The summed E-state index contributed by atoms with van der Waals surface area (Å²) in [5.41, 5.74) is 2.66. The second kappa shape index (κ2) is 8.25. The molecule has 1 saturated heterocycles. The normalized spacial score (nSPS) is 19.1. The minimum absolute atomic E-state index is 0.0254. The number of carbonyl (C=O) groups is 3. The average molecular weight is 480 g/mol. The third-order valence-corrected chi connectivity index (χ3v) is 7.21. The lowest BCUT2D eigenvalue weighted by Crippen LogP contribution is -2.51. The first-order valence-electron chi connectivity index (χ1n) is 10.5. The standard InChI is InChI=1S/C25H19F2N3O3S/c1-15-5-4-6-16(11-15)28-22(31)13-29-21-8-3-2-7-18(21)25(24(29)33)30(23(32)14-34-25)17-9-10-19(26)20(27)12-17/h2-12H,13-14H2,1H3,(H,28,31). The Morgan fingerprint density at radius 1 is 1.03 bits per heavy atom. The van der Waals surface area contributed by atoms with Gasteiger partial charge in [-0.15, -0.1) is 11.8 Å². The van der Waals surface area contributed by atoms with E-state index in [1.54, 1.807) is 30.3 Å². The zero-order valence-electron chi connectivity index (χ0n) is 18.0. The van der Waals surface area contributed by atoms with Gasteiger partial charge in [-0.05, 0) is 42.8 Å². The maximum atomic E-state index is 14.0. The molecular formula is C25H19F2N3O3S. The minimum atomic E-state index is -1.51. The molecule has 0 saturated carbocycles. The molecule has 172 valence electrons. The zero-order chi connectivity index (χ0) is 24.0. The van der Waals surface area contributed by atoms with Crippen LogP contribution in [0.2, 0.25) is 0 Å². The molecule has 6 nitrogen and oxygen atoms in total. The molecule has 1 atom stereocenters. The van der Waals surface area contributed by atoms with Crippen molar-refractivity contribution < 1.29 is 23.2 Å². The molecule has 0 bridgehead atoms. The molecule has 3 aromatic carbocycles. The van der Waals surface area contributed by atoms with Crippen LogP contribution in [0, 0.1) is 18.6 Å². The molecule has 1 N–H and O–H groups in total. The van der Waals surface area contributed by atoms with Gasteiger partial charge in [-0.25, -0.2) is 8.78 Å². The summed E-state index contributed by atoms with van der Waals surface area (Å²) in [6.07, 6.45) is 0. The van der Waals surface area contributed by atoms with E-state index in [0.29, 0.717) is 16.9 Å². The number of carbonyl (C=O) groups excluding carboxylic acids is 3. The van der Waals surface area contributed by atoms with Crippen LogP contribution >= 0.6 is 11.8 Å². The van der Waals surface area contributed by atoms with Crippen LogP contribution in [0.25, 0.3) is 0 Å². The van der Waals surface area contributed by atoms with Crippen LogP contribution in [0.1, 0.15) is 11.1 Å². The number of thioether (sulfide) groups is 1. The number of nitrogens with zero attached hydrogens (tertiary/aromatic N) is 2. The lowest BCUT2D eigenvalue weighted by molar-refractivity contribution is -0.124. The summed E-state index contributed by atoms with van der Waals surface area (Å²) in [5, 5.41) is 2.79. The van der Waals surface area contributed by atoms with Gasteiger partial charge in [-0.1, -0.05) is 30.3 Å². The summed E-state index contributed by atoms with van der Waals surface area (Å²) in [7, 11) is 0. The Bertz CT molecular complexity index is 1350. The van der Waals surface area contributed by atoms with Gasteiger partial charge in [0.1, 0.15) is 6.54 Å². The van der Waals surface area contributed by atoms with Crippen molar-refractivity contribution in [1.82, 2.24) is 0 Å². The van der Waals surface area contributed by atoms with E-state index in [0.717, 1.165) is 29.5 Å². The van der Waals surface area contributed by atoms with Crippen LogP contribution in [0.4, 0.5) is 25.8 Å². The van der Waals surface area contributed by atoms with E-state index < -0.39 is 34.2 Å². The predicted octanol–water partition coefficient (Wildman–Crippen LogP) is 4.19. The van der Waals surface area contributed by atoms with Crippen molar-refractivity contribution in [3.05, 3.63) is 89.5 Å². The number of benzene rings is 3. The summed E-state index contributed by atoms with van der Waals surface area (Å²) >= 11 is 1.10. The maximum absolute atomic E-state index is 14.0. The second-order valence-corrected chi connectivity index (χ2v) is 9.25. The molecule has 1 spiro atoms. The summed E-state index contributed by atoms with van der Waals surface area (Å²) in [6.45, 7) is 1.63. The first kappa shape index (κ1) is 22.1. The maximum Gasteiger partial charge on any atom is 0.269 e. The van der Waals surface area contributed by atoms with Gasteiger partial charge in [-0.3, -0.25) is 24.2 Å². The smallest absolute Gasteiger partial charge is 0.269 e. The molecule has 0 aliphatic carbocycles. The number of para-hydroxylation sites is 1. The van der Waals surface area contributed by atoms with Crippen molar-refractivity contribution in [2.45, 2.75) is 11.8 Å². The van der Waals surface area contributed by atoms with E-state index >= 15 is 0 Å². The molecule has 2 aliphatic rings. The molecule has 3 aromatic rings. The molecule has 2 heterocycles. The van der Waals surface area contributed by atoms with E-state index in [-0.39, 0.29) is 18.0 Å². The third kappa shape index (κ3) is 3.43. The molecule has 34 heavy (non-hydrogen) atoms. The Morgan fingerprint density at radius 3 is 2.59 bits per heavy atom. The summed E-state index contributed by atoms with van der Waals surface area (Å²) in [5.74, 6) is -3.50. The van der Waals surface area contributed by atoms with Crippen LogP contribution < -0.4 is 15.1 Å². The Morgan fingerprint density at radius 2 is 1.82 bits per heavy atom. The van der Waals surface area contributed by atoms with Crippen molar-refractivity contribution in [3.63, 3.8) is 0 Å². The number of fused-ring (bicyclic) bond motifs is 2. The Hall–Kier alpha value is -3.72. The lowest BCUT2D eigenvalue weighted by atomic mass is 10.0. The topological polar surface area (TPSA) is 69.7 Å². The van der Waals surface area contributed by atoms with Crippen molar-refractivity contribution >= 4 is 46.5 Å². The monoisotopic (exact) mass is 479 g/mol. The minimum Gasteiger partial charge on any atom is -0.325 e. The van der Waals surface area contributed by atoms with Gasteiger partial charge < -0.3 is 5.32 Å². The van der Waals surface area contributed by atoms with Gasteiger partial charge >= 0.3 is 0 Å². The molecule has 1 fully saturated rings. The van der Waals surface area contributed by atoms with Gasteiger partial charge in [0.15, 0.2) is 11.6 Å². The number of aryl methyl sites for hydroxylation is 1. The predicted molar refractivity (Wildman–Crippen MR) is 127 cm³/mol. The molecule has 2 aliphatic heterocycles. The molecule has 3 amide bonds. The van der Waals surface area contributed by atoms with Crippen LogP contribution in [-0.4, -0.2) is 30.0 Å². The van der Waals surface area contributed by atoms with E-state index in [4.69, 9.17) is 0 Å². The van der Waals surface area contributed by atoms with Gasteiger partial charge in [0.25, 0.3) is 5.91 Å². The first-order valence-corrected chi connectivity index (χ1v) is 11.5. The number of halogens is 2. The van der Waals surface area contributed by atoms with Gasteiger partial charge in [-0.2, -0.15) is 0 Å². The molecule has 0 radical (unpaired) electrons. The van der Waals surface area contributed by atoms with Crippen molar-refractivity contribution in [2.75, 3.05) is 27.4 Å². The molecular weight excluding hydrogens is 460 g/mol. The van der Waals surface area contributed by atoms with Crippen LogP contribution in [-0.2, 0) is 19.3 Å². The number of nitrogens with one attached hydrogen (secondary N) is 1. The van der Waals surface area contributed by atoms with Crippen molar-refractivity contribution in [1.29, 1.82) is 0 Å². The number of anilines is 3. The SMILES string of the molecule is Cc1cccc(NC(=O)CN2C(=O)C3(SCC(=O)N3c3ccc(F)c(F)c3)c3ccccc32)c1. The van der Waals surface area contributed by atoms with Gasteiger partial charge in [0, 0.05) is 23.0 Å². The fourth-order valence-corrected chi connectivity index (χ4v) is 5.76. The van der Waals surface area contributed by atoms with E-state index in [1.165, 1.54) is 15.9 Å². The first-order chi connectivity index (χ1) is 16.3. The Kier molecular flexibility index (Phi) is 5.36.